The van der Waals surface area contributed by atoms with Crippen molar-refractivity contribution in [3.8, 4) is 0 Å². The summed E-state index contributed by atoms with van der Waals surface area (Å²) in [6.07, 6.45) is 7.60. The van der Waals surface area contributed by atoms with Crippen LogP contribution < -0.4 is 10.0 Å². The Balaban J connectivity index is 1.67. The number of sulfonamides is 1. The lowest BCUT2D eigenvalue weighted by molar-refractivity contribution is -0.117. The second-order valence-corrected chi connectivity index (χ2v) is 8.78. The topological polar surface area (TPSA) is 88.2 Å². The number of hydrogen-bond acceptors (Lipinski definition) is 4. The van der Waals surface area contributed by atoms with Crippen LogP contribution in [0.2, 0.25) is 5.02 Å². The van der Waals surface area contributed by atoms with E-state index < -0.39 is 15.9 Å². The summed E-state index contributed by atoms with van der Waals surface area (Å²) in [6.45, 7) is 0.00393. The molecule has 2 heterocycles. The van der Waals surface area contributed by atoms with E-state index in [2.05, 4.69) is 15.0 Å². The molecule has 0 radical (unpaired) electrons. The molecule has 2 N–H and O–H groups in total. The number of aryl methyl sites for hydroxylation is 1. The number of amides is 1. The van der Waals surface area contributed by atoms with Crippen LogP contribution in [0.4, 0.5) is 5.69 Å². The zero-order valence-corrected chi connectivity index (χ0v) is 15.5. The summed E-state index contributed by atoms with van der Waals surface area (Å²) < 4.78 is 26.9. The van der Waals surface area contributed by atoms with E-state index in [-0.39, 0.29) is 17.3 Å². The summed E-state index contributed by atoms with van der Waals surface area (Å²) in [5.74, 6) is -0.914. The average Bonchev–Trinajstić information content (AvgIpc) is 2.61. The van der Waals surface area contributed by atoms with Crippen molar-refractivity contribution < 1.29 is 13.2 Å². The van der Waals surface area contributed by atoms with E-state index in [4.69, 9.17) is 11.6 Å². The third-order valence-electron chi connectivity index (χ3n) is 4.96. The Morgan fingerprint density at radius 1 is 1.23 bits per heavy atom. The van der Waals surface area contributed by atoms with Crippen molar-refractivity contribution in [2.45, 2.75) is 36.5 Å². The van der Waals surface area contributed by atoms with Gasteiger partial charge in [0.25, 0.3) is 0 Å². The highest BCUT2D eigenvalue weighted by atomic mass is 35.5. The molecule has 136 valence electrons. The fraction of sp³-hybridized carbons (Fsp3) is 0.333. The Kier molecular flexibility index (Phi) is 4.46. The van der Waals surface area contributed by atoms with E-state index in [1.807, 2.05) is 6.20 Å². The van der Waals surface area contributed by atoms with Gasteiger partial charge in [0.2, 0.25) is 15.9 Å². The summed E-state index contributed by atoms with van der Waals surface area (Å²) in [5.41, 5.74) is 3.43. The van der Waals surface area contributed by atoms with Gasteiger partial charge in [0.1, 0.15) is 0 Å². The summed E-state index contributed by atoms with van der Waals surface area (Å²) in [6, 6.07) is 4.50. The lowest BCUT2D eigenvalue weighted by Gasteiger charge is -2.26. The van der Waals surface area contributed by atoms with Crippen LogP contribution in [0.15, 0.2) is 35.5 Å². The van der Waals surface area contributed by atoms with Crippen molar-refractivity contribution in [2.24, 2.45) is 0 Å². The highest BCUT2D eigenvalue weighted by molar-refractivity contribution is 7.89. The molecule has 1 unspecified atom stereocenters. The monoisotopic (exact) mass is 391 g/mol. The van der Waals surface area contributed by atoms with Crippen molar-refractivity contribution in [3.63, 3.8) is 0 Å². The minimum atomic E-state index is -3.61. The van der Waals surface area contributed by atoms with Crippen LogP contribution >= 0.6 is 11.6 Å². The molecule has 0 saturated heterocycles. The SMILES string of the molecule is O=C(Nc1cncc2c1CCCC2)C1CNS(=O)(=O)c2ccc(Cl)cc21. The van der Waals surface area contributed by atoms with Gasteiger partial charge in [-0.05, 0) is 60.6 Å². The highest BCUT2D eigenvalue weighted by Crippen LogP contribution is 2.33. The van der Waals surface area contributed by atoms with Gasteiger partial charge in [-0.25, -0.2) is 13.1 Å². The summed E-state index contributed by atoms with van der Waals surface area (Å²) >= 11 is 6.04. The highest BCUT2D eigenvalue weighted by Gasteiger charge is 2.34. The first-order valence-corrected chi connectivity index (χ1v) is 10.4. The molecule has 26 heavy (non-hydrogen) atoms. The molecule has 8 heteroatoms. The number of anilines is 1. The summed E-state index contributed by atoms with van der Waals surface area (Å²) in [4.78, 5) is 17.3. The standard InChI is InChI=1S/C18H18ClN3O3S/c19-12-5-6-17-14(7-12)15(9-21-26(17,24)25)18(23)22-16-10-20-8-11-3-1-2-4-13(11)16/h5-8,10,15,21H,1-4,9H2,(H,22,23). The molecule has 4 rings (SSSR count). The maximum atomic E-state index is 12.9. The number of nitrogens with one attached hydrogen (secondary N) is 2. The molecule has 1 atom stereocenters. The van der Waals surface area contributed by atoms with E-state index in [1.54, 1.807) is 12.3 Å². The molecule has 6 nitrogen and oxygen atoms in total. The molecule has 2 aromatic rings. The molecule has 0 spiro atoms. The average molecular weight is 392 g/mol. The first-order chi connectivity index (χ1) is 12.5. The number of nitrogens with zero attached hydrogens (tertiary/aromatic N) is 1. The maximum absolute atomic E-state index is 12.9. The van der Waals surface area contributed by atoms with Gasteiger partial charge in [0.15, 0.2) is 0 Å². The Hall–Kier alpha value is -1.96. The lowest BCUT2D eigenvalue weighted by atomic mass is 9.92. The number of carbonyl (C=O) groups is 1. The van der Waals surface area contributed by atoms with Gasteiger partial charge in [-0.2, -0.15) is 0 Å². The molecular formula is C18H18ClN3O3S. The zero-order valence-electron chi connectivity index (χ0n) is 14.0. The Labute approximate surface area is 157 Å². The number of pyridine rings is 1. The second-order valence-electron chi connectivity index (χ2n) is 6.61. The third kappa shape index (κ3) is 3.11. The number of fused-ring (bicyclic) bond motifs is 2. The molecular weight excluding hydrogens is 374 g/mol. The van der Waals surface area contributed by atoms with Crippen LogP contribution in [-0.4, -0.2) is 25.9 Å². The van der Waals surface area contributed by atoms with Gasteiger partial charge in [0, 0.05) is 17.8 Å². The van der Waals surface area contributed by atoms with Gasteiger partial charge in [0.05, 0.1) is 22.7 Å². The molecule has 0 bridgehead atoms. The van der Waals surface area contributed by atoms with Gasteiger partial charge in [-0.1, -0.05) is 11.6 Å². The first-order valence-electron chi connectivity index (χ1n) is 8.51. The van der Waals surface area contributed by atoms with E-state index in [9.17, 15) is 13.2 Å². The Bertz CT molecular complexity index is 991. The molecule has 1 aromatic heterocycles. The molecule has 2 aliphatic rings. The van der Waals surface area contributed by atoms with Gasteiger partial charge >= 0.3 is 0 Å². The number of benzene rings is 1. The number of rotatable bonds is 2. The van der Waals surface area contributed by atoms with E-state index in [0.717, 1.165) is 31.2 Å². The number of aromatic nitrogens is 1. The van der Waals surface area contributed by atoms with Crippen LogP contribution in [0.25, 0.3) is 0 Å². The van der Waals surface area contributed by atoms with Crippen molar-refractivity contribution in [1.29, 1.82) is 0 Å². The predicted octanol–water partition coefficient (Wildman–Crippen LogP) is 2.63. The maximum Gasteiger partial charge on any atom is 0.240 e. The molecule has 1 amide bonds. The molecule has 1 aliphatic heterocycles. The van der Waals surface area contributed by atoms with Crippen molar-refractivity contribution in [1.82, 2.24) is 9.71 Å². The minimum absolute atomic E-state index is 0.00393. The van der Waals surface area contributed by atoms with Crippen LogP contribution in [0.5, 0.6) is 0 Å². The van der Waals surface area contributed by atoms with Crippen LogP contribution in [0.3, 0.4) is 0 Å². The van der Waals surface area contributed by atoms with Crippen molar-refractivity contribution >= 4 is 33.2 Å². The first kappa shape index (κ1) is 17.5. The largest absolute Gasteiger partial charge is 0.324 e. The molecule has 1 aromatic carbocycles. The number of carbonyl (C=O) groups excluding carboxylic acids is 1. The van der Waals surface area contributed by atoms with E-state index >= 15 is 0 Å². The molecule has 0 fully saturated rings. The van der Waals surface area contributed by atoms with Crippen molar-refractivity contribution in [2.75, 3.05) is 11.9 Å². The Morgan fingerprint density at radius 3 is 2.88 bits per heavy atom. The number of hydrogen-bond donors (Lipinski definition) is 2. The third-order valence-corrected chi connectivity index (χ3v) is 6.69. The smallest absolute Gasteiger partial charge is 0.240 e. The van der Waals surface area contributed by atoms with Gasteiger partial charge in [-0.15, -0.1) is 0 Å². The molecule has 0 saturated carbocycles. The van der Waals surface area contributed by atoms with Crippen LogP contribution in [0.1, 0.15) is 35.4 Å². The van der Waals surface area contributed by atoms with Gasteiger partial charge < -0.3 is 5.32 Å². The predicted molar refractivity (Wildman–Crippen MR) is 98.9 cm³/mol. The summed E-state index contributed by atoms with van der Waals surface area (Å²) in [5, 5.41) is 3.35. The number of halogens is 1. The Morgan fingerprint density at radius 2 is 2.04 bits per heavy atom. The van der Waals surface area contributed by atoms with Crippen LogP contribution in [0, 0.1) is 0 Å². The zero-order chi connectivity index (χ0) is 18.3. The fourth-order valence-electron chi connectivity index (χ4n) is 3.64. The quantitative estimate of drug-likeness (QED) is 0.823. The van der Waals surface area contributed by atoms with Gasteiger partial charge in [-0.3, -0.25) is 9.78 Å². The van der Waals surface area contributed by atoms with Crippen LogP contribution in [-0.2, 0) is 27.7 Å². The van der Waals surface area contributed by atoms with E-state index in [0.29, 0.717) is 16.3 Å². The minimum Gasteiger partial charge on any atom is -0.324 e. The lowest BCUT2D eigenvalue weighted by Crippen LogP contribution is -2.39. The summed E-state index contributed by atoms with van der Waals surface area (Å²) in [7, 11) is -3.61. The fourth-order valence-corrected chi connectivity index (χ4v) is 5.12. The normalized spacial score (nSPS) is 20.7. The second kappa shape index (κ2) is 6.64. The van der Waals surface area contributed by atoms with Crippen molar-refractivity contribution in [3.05, 3.63) is 52.3 Å². The molecule has 1 aliphatic carbocycles. The van der Waals surface area contributed by atoms with E-state index in [1.165, 1.54) is 17.7 Å².